The Kier molecular flexibility index (Phi) is 4.17. The molecule has 0 amide bonds. The lowest BCUT2D eigenvalue weighted by atomic mass is 10.1. The molecule has 0 aliphatic carbocycles. The van der Waals surface area contributed by atoms with E-state index in [1.54, 1.807) is 0 Å². The van der Waals surface area contributed by atoms with Crippen LogP contribution in [0.5, 0.6) is 0 Å². The van der Waals surface area contributed by atoms with Crippen molar-refractivity contribution in [1.29, 1.82) is 0 Å². The first-order valence-corrected chi connectivity index (χ1v) is 7.71. The minimum Gasteiger partial charge on any atom is -0.294 e. The summed E-state index contributed by atoms with van der Waals surface area (Å²) in [6.07, 6.45) is 4.13. The summed E-state index contributed by atoms with van der Waals surface area (Å²) in [7, 11) is 3.72. The van der Waals surface area contributed by atoms with Gasteiger partial charge in [-0.15, -0.1) is 0 Å². The summed E-state index contributed by atoms with van der Waals surface area (Å²) >= 11 is 0. The van der Waals surface area contributed by atoms with E-state index in [0.29, 0.717) is 0 Å². The van der Waals surface area contributed by atoms with Gasteiger partial charge in [-0.05, 0) is 41.5 Å². The van der Waals surface area contributed by atoms with Crippen molar-refractivity contribution in [3.05, 3.63) is 0 Å². The van der Waals surface area contributed by atoms with Crippen LogP contribution in [-0.2, 0) is 0 Å². The van der Waals surface area contributed by atoms with Gasteiger partial charge in [-0.1, -0.05) is 21.6 Å². The fraction of sp³-hybridized carbons (Fsp3) is 0.833. The van der Waals surface area contributed by atoms with Crippen LogP contribution in [-0.4, -0.2) is 34.0 Å². The average Bonchev–Trinajstić information content (AvgIpc) is 2.11. The summed E-state index contributed by atoms with van der Waals surface area (Å²) in [6, 6.07) is 0. The third kappa shape index (κ3) is 4.91. The lowest BCUT2D eigenvalue weighted by Gasteiger charge is -2.28. The average molecular weight is 258 g/mol. The molecule has 0 aromatic rings. The SMILES string of the molecule is CC1(C)CN=CC(C)(C)SSC(C)(C)C=N1. The molecule has 92 valence electrons. The van der Waals surface area contributed by atoms with Gasteiger partial charge in [0.2, 0.25) is 0 Å². The molecule has 1 heterocycles. The van der Waals surface area contributed by atoms with Gasteiger partial charge in [-0.2, -0.15) is 0 Å². The maximum Gasteiger partial charge on any atom is 0.0743 e. The first kappa shape index (κ1) is 14.1. The summed E-state index contributed by atoms with van der Waals surface area (Å²) in [4.78, 5) is 9.16. The first-order chi connectivity index (χ1) is 7.12. The van der Waals surface area contributed by atoms with E-state index in [-0.39, 0.29) is 15.0 Å². The molecule has 0 spiro atoms. The molecule has 0 aromatic heterocycles. The number of hydrogen-bond acceptors (Lipinski definition) is 4. The highest BCUT2D eigenvalue weighted by Gasteiger charge is 2.26. The number of rotatable bonds is 0. The van der Waals surface area contributed by atoms with Crippen LogP contribution in [0.4, 0.5) is 0 Å². The number of nitrogens with zero attached hydrogens (tertiary/aromatic N) is 2. The van der Waals surface area contributed by atoms with Gasteiger partial charge in [0, 0.05) is 12.4 Å². The van der Waals surface area contributed by atoms with Gasteiger partial charge in [-0.25, -0.2) is 0 Å². The molecule has 0 N–H and O–H groups in total. The van der Waals surface area contributed by atoms with Gasteiger partial charge in [0.15, 0.2) is 0 Å². The van der Waals surface area contributed by atoms with E-state index in [1.807, 2.05) is 21.6 Å². The Bertz CT molecular complexity index is 304. The third-order valence-electron chi connectivity index (χ3n) is 2.08. The normalized spacial score (nSPS) is 27.6. The van der Waals surface area contributed by atoms with Crippen molar-refractivity contribution in [1.82, 2.24) is 0 Å². The van der Waals surface area contributed by atoms with Crippen LogP contribution in [0.25, 0.3) is 0 Å². The summed E-state index contributed by atoms with van der Waals surface area (Å²) < 4.78 is 0.160. The second kappa shape index (κ2) is 4.73. The molecule has 0 bridgehead atoms. The van der Waals surface area contributed by atoms with E-state index in [9.17, 15) is 0 Å². The van der Waals surface area contributed by atoms with Crippen molar-refractivity contribution in [2.75, 3.05) is 6.54 Å². The van der Waals surface area contributed by atoms with E-state index < -0.39 is 0 Å². The van der Waals surface area contributed by atoms with Crippen molar-refractivity contribution in [3.8, 4) is 0 Å². The highest BCUT2D eigenvalue weighted by molar-refractivity contribution is 8.78. The second-order valence-corrected chi connectivity index (χ2v) is 9.35. The molecule has 1 aliphatic rings. The molecule has 4 heteroatoms. The summed E-state index contributed by atoms with van der Waals surface area (Å²) in [5.41, 5.74) is -0.0909. The minimum absolute atomic E-state index is 0.0738. The zero-order chi connectivity index (χ0) is 12.4. The highest BCUT2D eigenvalue weighted by atomic mass is 33.1. The van der Waals surface area contributed by atoms with Gasteiger partial charge >= 0.3 is 0 Å². The Hall–Kier alpha value is 0.0400. The zero-order valence-electron chi connectivity index (χ0n) is 11.1. The standard InChI is InChI=1S/C12H22N2S2/c1-10(2)7-13-8-11(3,4)15-16-12(5,6)9-14-10/h8-9H,7H2,1-6H3. The Labute approximate surface area is 107 Å². The predicted octanol–water partition coefficient (Wildman–Crippen LogP) is 3.86. The molecule has 16 heavy (non-hydrogen) atoms. The van der Waals surface area contributed by atoms with Crippen LogP contribution < -0.4 is 0 Å². The molecule has 0 saturated carbocycles. The topological polar surface area (TPSA) is 24.7 Å². The predicted molar refractivity (Wildman–Crippen MR) is 79.3 cm³/mol. The van der Waals surface area contributed by atoms with Crippen LogP contribution >= 0.6 is 21.6 Å². The monoisotopic (exact) mass is 258 g/mol. The highest BCUT2D eigenvalue weighted by Crippen LogP contribution is 2.42. The Balaban J connectivity index is 2.92. The Morgan fingerprint density at radius 1 is 0.875 bits per heavy atom. The van der Waals surface area contributed by atoms with Crippen molar-refractivity contribution in [2.45, 2.75) is 56.6 Å². The lowest BCUT2D eigenvalue weighted by molar-refractivity contribution is 0.537. The van der Waals surface area contributed by atoms with E-state index in [2.05, 4.69) is 64.0 Å². The van der Waals surface area contributed by atoms with E-state index in [4.69, 9.17) is 0 Å². The molecule has 0 fully saturated rings. The molecule has 2 nitrogen and oxygen atoms in total. The largest absolute Gasteiger partial charge is 0.294 e. The smallest absolute Gasteiger partial charge is 0.0743 e. The lowest BCUT2D eigenvalue weighted by Crippen LogP contribution is -2.28. The van der Waals surface area contributed by atoms with Crippen molar-refractivity contribution in [3.63, 3.8) is 0 Å². The molecule has 0 atom stereocenters. The van der Waals surface area contributed by atoms with E-state index >= 15 is 0 Å². The quantitative estimate of drug-likeness (QED) is 0.616. The van der Waals surface area contributed by atoms with Gasteiger partial charge in [0.25, 0.3) is 0 Å². The first-order valence-electron chi connectivity index (χ1n) is 5.56. The minimum atomic E-state index is -0.0909. The molecular weight excluding hydrogens is 236 g/mol. The van der Waals surface area contributed by atoms with Crippen LogP contribution in [0.3, 0.4) is 0 Å². The number of hydrogen-bond donors (Lipinski definition) is 0. The number of aliphatic imine (C=N–C) groups is 2. The Morgan fingerprint density at radius 2 is 1.38 bits per heavy atom. The molecule has 0 saturated heterocycles. The fourth-order valence-electron chi connectivity index (χ4n) is 1.12. The Morgan fingerprint density at radius 3 is 1.94 bits per heavy atom. The molecule has 0 unspecified atom stereocenters. The molecular formula is C12H22N2S2. The summed E-state index contributed by atoms with van der Waals surface area (Å²) in [6.45, 7) is 13.8. The van der Waals surface area contributed by atoms with Crippen LogP contribution in [0.1, 0.15) is 41.5 Å². The molecule has 0 aromatic carbocycles. The van der Waals surface area contributed by atoms with Crippen LogP contribution in [0, 0.1) is 0 Å². The second-order valence-electron chi connectivity index (χ2n) is 5.91. The fourth-order valence-corrected chi connectivity index (χ4v) is 3.31. The molecule has 1 aliphatic heterocycles. The van der Waals surface area contributed by atoms with Crippen LogP contribution in [0.15, 0.2) is 9.98 Å². The van der Waals surface area contributed by atoms with Gasteiger partial charge < -0.3 is 0 Å². The summed E-state index contributed by atoms with van der Waals surface area (Å²) in [5.74, 6) is 0. The molecule has 1 rings (SSSR count). The third-order valence-corrected chi connectivity index (χ3v) is 6.06. The van der Waals surface area contributed by atoms with Crippen molar-refractivity contribution < 1.29 is 0 Å². The molecule has 0 radical (unpaired) electrons. The summed E-state index contributed by atoms with van der Waals surface area (Å²) in [5, 5.41) is 0. The zero-order valence-corrected chi connectivity index (χ0v) is 12.7. The maximum absolute atomic E-state index is 4.64. The maximum atomic E-state index is 4.64. The van der Waals surface area contributed by atoms with Crippen molar-refractivity contribution >= 4 is 34.0 Å². The van der Waals surface area contributed by atoms with Gasteiger partial charge in [-0.3, -0.25) is 9.98 Å². The van der Waals surface area contributed by atoms with Crippen LogP contribution in [0.2, 0.25) is 0 Å². The van der Waals surface area contributed by atoms with E-state index in [0.717, 1.165) is 6.54 Å². The van der Waals surface area contributed by atoms with Crippen molar-refractivity contribution in [2.24, 2.45) is 9.98 Å². The van der Waals surface area contributed by atoms with Gasteiger partial charge in [0.05, 0.1) is 21.6 Å². The van der Waals surface area contributed by atoms with Gasteiger partial charge in [0.1, 0.15) is 0 Å². The van der Waals surface area contributed by atoms with E-state index in [1.165, 1.54) is 0 Å².